The molecule has 260 valence electrons. The molecule has 13 heteroatoms. The fourth-order valence-electron chi connectivity index (χ4n) is 4.65. The number of allylic oxidation sites excluding steroid dienone is 3. The van der Waals surface area contributed by atoms with Crippen LogP contribution in [0.25, 0.3) is 0 Å². The largest absolute Gasteiger partial charge is 0.394 e. The molecule has 0 aliphatic heterocycles. The molecule has 4 unspecified atom stereocenters. The summed E-state index contributed by atoms with van der Waals surface area (Å²) in [6.45, 7) is 14.8. The van der Waals surface area contributed by atoms with Gasteiger partial charge in [-0.1, -0.05) is 64.7 Å². The molecule has 5 amide bonds. The molecular weight excluding hydrogens is 594 g/mol. The zero-order valence-electron chi connectivity index (χ0n) is 28.4. The van der Waals surface area contributed by atoms with Crippen LogP contribution in [-0.2, 0) is 33.5 Å². The number of amides is 5. The molecule has 0 heterocycles. The number of likely N-dealkylation sites (N-methyl/N-ethyl adjacent to an activating group) is 2. The van der Waals surface area contributed by atoms with Gasteiger partial charge < -0.3 is 40.0 Å². The minimum atomic E-state index is -0.929. The topological polar surface area (TPSA) is 166 Å². The summed E-state index contributed by atoms with van der Waals surface area (Å²) < 4.78 is 5.45. The third kappa shape index (κ3) is 15.4. The van der Waals surface area contributed by atoms with Crippen molar-refractivity contribution in [2.75, 3.05) is 47.0 Å². The second-order valence-corrected chi connectivity index (χ2v) is 11.5. The van der Waals surface area contributed by atoms with Gasteiger partial charge in [0.25, 0.3) is 0 Å². The maximum Gasteiger partial charge on any atom is 0.245 e. The Morgan fingerprint density at radius 3 is 2.17 bits per heavy atom. The molecule has 0 spiro atoms. The van der Waals surface area contributed by atoms with Crippen molar-refractivity contribution in [3.8, 4) is 0 Å². The van der Waals surface area contributed by atoms with E-state index in [2.05, 4.69) is 23.8 Å². The molecule has 0 aromatic rings. The maximum absolute atomic E-state index is 13.6. The molecule has 0 fully saturated rings. The monoisotopic (exact) mass is 649 g/mol. The van der Waals surface area contributed by atoms with Crippen molar-refractivity contribution in [1.82, 2.24) is 25.3 Å². The standard InChI is InChI=1S/C33H55N5O8/c1-9-12-13-25(6)20-28(36(7)23-41)31(43)34-26(22-46-18-17-40)21-30(42)37(8)29(19-24(4)5)32(44)35-27(11-3)33(45)38(14-10-2)15-16-39/h9,12-13,16,23-24,26-29,40H,1,6,10-11,14-15,17-22H2,2-5,7-8H3,(H,34,43)(H,35,44)/b13-12-. The van der Waals surface area contributed by atoms with E-state index < -0.39 is 41.9 Å². The van der Waals surface area contributed by atoms with Crippen LogP contribution < -0.4 is 10.6 Å². The zero-order chi connectivity index (χ0) is 35.2. The Labute approximate surface area is 274 Å². The van der Waals surface area contributed by atoms with Gasteiger partial charge in [0.2, 0.25) is 30.0 Å². The third-order valence-electron chi connectivity index (χ3n) is 7.19. The minimum Gasteiger partial charge on any atom is -0.394 e. The van der Waals surface area contributed by atoms with Gasteiger partial charge in [0, 0.05) is 33.5 Å². The van der Waals surface area contributed by atoms with Crippen LogP contribution in [0.3, 0.4) is 0 Å². The van der Waals surface area contributed by atoms with Crippen LogP contribution in [0.1, 0.15) is 59.8 Å². The first-order valence-corrected chi connectivity index (χ1v) is 15.7. The van der Waals surface area contributed by atoms with E-state index in [-0.39, 0.29) is 57.5 Å². The highest BCUT2D eigenvalue weighted by molar-refractivity contribution is 5.93. The maximum atomic E-state index is 13.6. The Balaban J connectivity index is 6.02. The molecule has 0 saturated carbocycles. The molecule has 0 saturated heterocycles. The molecule has 13 nitrogen and oxygen atoms in total. The number of nitrogens with zero attached hydrogens (tertiary/aromatic N) is 3. The van der Waals surface area contributed by atoms with Gasteiger partial charge in [0.05, 0.1) is 32.4 Å². The normalized spacial score (nSPS) is 13.7. The second-order valence-electron chi connectivity index (χ2n) is 11.5. The van der Waals surface area contributed by atoms with Crippen LogP contribution in [0, 0.1) is 5.92 Å². The molecule has 0 aromatic carbocycles. The molecule has 0 aromatic heterocycles. The number of rotatable bonds is 25. The molecule has 0 aliphatic rings. The smallest absolute Gasteiger partial charge is 0.245 e. The van der Waals surface area contributed by atoms with E-state index in [9.17, 15) is 33.9 Å². The van der Waals surface area contributed by atoms with E-state index in [0.29, 0.717) is 37.7 Å². The summed E-state index contributed by atoms with van der Waals surface area (Å²) in [6.07, 6.45) is 7.17. The molecule has 0 bridgehead atoms. The lowest BCUT2D eigenvalue weighted by Crippen LogP contribution is -2.56. The average molecular weight is 650 g/mol. The molecule has 3 N–H and O–H groups in total. The third-order valence-corrected chi connectivity index (χ3v) is 7.19. The predicted octanol–water partition coefficient (Wildman–Crippen LogP) is 1.22. The van der Waals surface area contributed by atoms with Gasteiger partial charge in [-0.25, -0.2) is 0 Å². The van der Waals surface area contributed by atoms with E-state index in [1.54, 1.807) is 25.2 Å². The van der Waals surface area contributed by atoms with Gasteiger partial charge in [0.15, 0.2) is 0 Å². The fourth-order valence-corrected chi connectivity index (χ4v) is 4.65. The molecule has 4 atom stereocenters. The quantitative estimate of drug-likeness (QED) is 0.0755. The van der Waals surface area contributed by atoms with Crippen LogP contribution in [0.5, 0.6) is 0 Å². The molecule has 46 heavy (non-hydrogen) atoms. The summed E-state index contributed by atoms with van der Waals surface area (Å²) in [5.41, 5.74) is 0.577. The predicted molar refractivity (Wildman–Crippen MR) is 176 cm³/mol. The molecule has 0 aliphatic carbocycles. The van der Waals surface area contributed by atoms with E-state index in [0.717, 1.165) is 0 Å². The first-order valence-electron chi connectivity index (χ1n) is 15.7. The summed E-state index contributed by atoms with van der Waals surface area (Å²) >= 11 is 0. The molecular formula is C33H55N5O8. The summed E-state index contributed by atoms with van der Waals surface area (Å²) in [4.78, 5) is 80.2. The average Bonchev–Trinajstić information content (AvgIpc) is 3.02. The number of nitrogens with one attached hydrogen (secondary N) is 2. The summed E-state index contributed by atoms with van der Waals surface area (Å²) in [5.74, 6) is -1.87. The number of hydrogen-bond acceptors (Lipinski definition) is 8. The lowest BCUT2D eigenvalue weighted by Gasteiger charge is -2.32. The Bertz CT molecular complexity index is 1050. The Morgan fingerprint density at radius 1 is 1.00 bits per heavy atom. The Morgan fingerprint density at radius 2 is 1.65 bits per heavy atom. The highest BCUT2D eigenvalue weighted by atomic mass is 16.5. The molecule has 0 radical (unpaired) electrons. The number of ether oxygens (including phenoxy) is 1. The molecule has 0 rings (SSSR count). The van der Waals surface area contributed by atoms with Gasteiger partial charge in [-0.05, 0) is 25.2 Å². The van der Waals surface area contributed by atoms with Crippen molar-refractivity contribution in [3.05, 3.63) is 37.0 Å². The van der Waals surface area contributed by atoms with Gasteiger partial charge in [0.1, 0.15) is 24.4 Å². The number of hydrogen-bond donors (Lipinski definition) is 3. The van der Waals surface area contributed by atoms with Crippen LogP contribution in [-0.4, -0.2) is 127 Å². The minimum absolute atomic E-state index is 0.0136. The Hall–Kier alpha value is -3.84. The number of aldehydes is 1. The lowest BCUT2D eigenvalue weighted by atomic mass is 10.00. The van der Waals surface area contributed by atoms with E-state index in [1.165, 1.54) is 28.8 Å². The van der Waals surface area contributed by atoms with Crippen LogP contribution >= 0.6 is 0 Å². The van der Waals surface area contributed by atoms with Crippen molar-refractivity contribution >= 4 is 36.3 Å². The van der Waals surface area contributed by atoms with E-state index >= 15 is 0 Å². The first kappa shape index (κ1) is 42.2. The van der Waals surface area contributed by atoms with Crippen molar-refractivity contribution in [2.45, 2.75) is 84.0 Å². The highest BCUT2D eigenvalue weighted by Crippen LogP contribution is 2.15. The summed E-state index contributed by atoms with van der Waals surface area (Å²) in [7, 11) is 2.95. The second kappa shape index (κ2) is 23.5. The van der Waals surface area contributed by atoms with Crippen molar-refractivity contribution in [3.63, 3.8) is 0 Å². The summed E-state index contributed by atoms with van der Waals surface area (Å²) in [5, 5.41) is 14.8. The van der Waals surface area contributed by atoms with Crippen molar-refractivity contribution in [2.24, 2.45) is 5.92 Å². The lowest BCUT2D eigenvalue weighted by molar-refractivity contribution is -0.143. The number of carbonyl (C=O) groups is 6. The van der Waals surface area contributed by atoms with E-state index in [1.807, 2.05) is 20.8 Å². The van der Waals surface area contributed by atoms with Crippen molar-refractivity contribution in [1.29, 1.82) is 0 Å². The van der Waals surface area contributed by atoms with Crippen LogP contribution in [0.4, 0.5) is 0 Å². The zero-order valence-corrected chi connectivity index (χ0v) is 28.4. The first-order chi connectivity index (χ1) is 21.8. The van der Waals surface area contributed by atoms with Crippen LogP contribution in [0.15, 0.2) is 37.0 Å². The van der Waals surface area contributed by atoms with Crippen LogP contribution in [0.2, 0.25) is 0 Å². The number of aliphatic hydroxyl groups excluding tert-OH is 1. The SMILES string of the molecule is C=C/C=C\C(=C)CC(C(=O)NC(COCCO)CC(=O)N(C)C(CC(C)C)C(=O)NC(CC)C(=O)N(CC=O)CCC)N(C)C=O. The Kier molecular flexibility index (Phi) is 21.5. The van der Waals surface area contributed by atoms with Gasteiger partial charge >= 0.3 is 0 Å². The highest BCUT2D eigenvalue weighted by Gasteiger charge is 2.33. The van der Waals surface area contributed by atoms with Gasteiger partial charge in [-0.3, -0.25) is 24.0 Å². The van der Waals surface area contributed by atoms with Gasteiger partial charge in [-0.15, -0.1) is 0 Å². The van der Waals surface area contributed by atoms with Gasteiger partial charge in [-0.2, -0.15) is 0 Å². The number of carbonyl (C=O) groups excluding carboxylic acids is 6. The fraction of sp³-hybridized carbons (Fsp3) is 0.636. The van der Waals surface area contributed by atoms with Crippen molar-refractivity contribution < 1.29 is 38.6 Å². The number of aliphatic hydroxyl groups is 1. The van der Waals surface area contributed by atoms with E-state index in [4.69, 9.17) is 4.74 Å². The summed E-state index contributed by atoms with van der Waals surface area (Å²) in [6, 6.07) is -3.59.